The van der Waals surface area contributed by atoms with E-state index in [2.05, 4.69) is 18.3 Å². The van der Waals surface area contributed by atoms with E-state index in [1.165, 1.54) is 44.1 Å². The van der Waals surface area contributed by atoms with Crippen LogP contribution in [0, 0.1) is 5.92 Å². The summed E-state index contributed by atoms with van der Waals surface area (Å²) in [6.45, 7) is 3.20. The van der Waals surface area contributed by atoms with Gasteiger partial charge in [0, 0.05) is 6.04 Å². The van der Waals surface area contributed by atoms with Crippen LogP contribution >= 0.6 is 23.2 Å². The Labute approximate surface area is 133 Å². The summed E-state index contributed by atoms with van der Waals surface area (Å²) in [5.74, 6) is 0.963. The molecule has 1 unspecified atom stereocenters. The zero-order valence-electron chi connectivity index (χ0n) is 12.3. The second-order valence-electron chi connectivity index (χ2n) is 5.94. The molecule has 0 heterocycles. The molecule has 1 saturated carbocycles. The third-order valence-electron chi connectivity index (χ3n) is 4.36. The molecular weight excluding hydrogens is 289 g/mol. The lowest BCUT2D eigenvalue weighted by Crippen LogP contribution is -2.31. The Balaban J connectivity index is 1.88. The first-order chi connectivity index (χ1) is 9.69. The van der Waals surface area contributed by atoms with Gasteiger partial charge in [-0.05, 0) is 49.4 Å². The quantitative estimate of drug-likeness (QED) is 0.702. The molecule has 0 radical (unpaired) electrons. The van der Waals surface area contributed by atoms with Crippen molar-refractivity contribution in [3.8, 4) is 0 Å². The summed E-state index contributed by atoms with van der Waals surface area (Å²) in [6.07, 6.45) is 9.40. The van der Waals surface area contributed by atoms with Crippen molar-refractivity contribution >= 4 is 23.2 Å². The van der Waals surface area contributed by atoms with Gasteiger partial charge in [-0.3, -0.25) is 0 Å². The summed E-state index contributed by atoms with van der Waals surface area (Å²) < 4.78 is 0. The van der Waals surface area contributed by atoms with Crippen LogP contribution in [0.4, 0.5) is 0 Å². The number of nitrogens with one attached hydrogen (secondary N) is 1. The van der Waals surface area contributed by atoms with Gasteiger partial charge in [0.1, 0.15) is 0 Å². The summed E-state index contributed by atoms with van der Waals surface area (Å²) in [7, 11) is 0. The van der Waals surface area contributed by atoms with Crippen molar-refractivity contribution in [1.29, 1.82) is 0 Å². The van der Waals surface area contributed by atoms with Crippen LogP contribution in [-0.2, 0) is 6.42 Å². The molecule has 1 aromatic carbocycles. The first kappa shape index (κ1) is 16.1. The maximum atomic E-state index is 6.10. The van der Waals surface area contributed by atoms with E-state index in [9.17, 15) is 0 Å². The van der Waals surface area contributed by atoms with Crippen molar-refractivity contribution < 1.29 is 0 Å². The van der Waals surface area contributed by atoms with Crippen LogP contribution < -0.4 is 5.32 Å². The van der Waals surface area contributed by atoms with Gasteiger partial charge in [0.15, 0.2) is 0 Å². The Kier molecular flexibility index (Phi) is 6.67. The van der Waals surface area contributed by atoms with Gasteiger partial charge in [-0.2, -0.15) is 0 Å². The molecule has 1 atom stereocenters. The van der Waals surface area contributed by atoms with E-state index in [-0.39, 0.29) is 0 Å². The minimum Gasteiger partial charge on any atom is -0.314 e. The average molecular weight is 314 g/mol. The third kappa shape index (κ3) is 4.95. The fourth-order valence-electron chi connectivity index (χ4n) is 3.25. The topological polar surface area (TPSA) is 12.0 Å². The van der Waals surface area contributed by atoms with E-state index < -0.39 is 0 Å². The van der Waals surface area contributed by atoms with Crippen molar-refractivity contribution in [2.75, 3.05) is 6.54 Å². The molecule has 0 bridgehead atoms. The molecule has 0 saturated heterocycles. The molecule has 1 aliphatic rings. The van der Waals surface area contributed by atoms with Crippen LogP contribution in [0.1, 0.15) is 51.0 Å². The second-order valence-corrected chi connectivity index (χ2v) is 6.75. The largest absolute Gasteiger partial charge is 0.314 e. The lowest BCUT2D eigenvalue weighted by Gasteiger charge is -2.20. The summed E-state index contributed by atoms with van der Waals surface area (Å²) in [5.41, 5.74) is 1.27. The number of hydrogen-bond acceptors (Lipinski definition) is 1. The highest BCUT2D eigenvalue weighted by Crippen LogP contribution is 2.29. The van der Waals surface area contributed by atoms with E-state index in [1.54, 1.807) is 0 Å². The molecule has 0 aromatic heterocycles. The van der Waals surface area contributed by atoms with E-state index in [0.717, 1.165) is 18.9 Å². The molecule has 3 heteroatoms. The molecule has 1 aliphatic carbocycles. The van der Waals surface area contributed by atoms with Crippen LogP contribution in [0.2, 0.25) is 10.0 Å². The zero-order chi connectivity index (χ0) is 14.4. The molecular formula is C17H25Cl2N. The summed E-state index contributed by atoms with van der Waals surface area (Å²) in [6, 6.07) is 6.55. The van der Waals surface area contributed by atoms with Gasteiger partial charge in [-0.1, -0.05) is 61.9 Å². The van der Waals surface area contributed by atoms with Gasteiger partial charge < -0.3 is 5.32 Å². The van der Waals surface area contributed by atoms with Crippen molar-refractivity contribution in [1.82, 2.24) is 5.32 Å². The summed E-state index contributed by atoms with van der Waals surface area (Å²) >= 11 is 12.1. The van der Waals surface area contributed by atoms with E-state index in [1.807, 2.05) is 12.1 Å². The minimum absolute atomic E-state index is 0.554. The smallest absolute Gasteiger partial charge is 0.0595 e. The van der Waals surface area contributed by atoms with Gasteiger partial charge in [0.05, 0.1) is 10.0 Å². The highest BCUT2D eigenvalue weighted by Gasteiger charge is 2.17. The number of benzene rings is 1. The monoisotopic (exact) mass is 313 g/mol. The lowest BCUT2D eigenvalue weighted by atomic mass is 9.95. The fourth-order valence-corrected chi connectivity index (χ4v) is 3.57. The number of hydrogen-bond donors (Lipinski definition) is 1. The first-order valence-electron chi connectivity index (χ1n) is 7.86. The van der Waals surface area contributed by atoms with Gasteiger partial charge >= 0.3 is 0 Å². The van der Waals surface area contributed by atoms with Gasteiger partial charge in [0.25, 0.3) is 0 Å². The Hall–Kier alpha value is -0.240. The van der Waals surface area contributed by atoms with Gasteiger partial charge in [-0.15, -0.1) is 0 Å². The highest BCUT2D eigenvalue weighted by molar-refractivity contribution is 6.42. The van der Waals surface area contributed by atoms with E-state index >= 15 is 0 Å². The van der Waals surface area contributed by atoms with Crippen molar-refractivity contribution in [2.24, 2.45) is 5.92 Å². The molecule has 0 amide bonds. The van der Waals surface area contributed by atoms with Crippen LogP contribution in [0.5, 0.6) is 0 Å². The Morgan fingerprint density at radius 2 is 1.95 bits per heavy atom. The molecule has 20 heavy (non-hydrogen) atoms. The summed E-state index contributed by atoms with van der Waals surface area (Å²) in [4.78, 5) is 0. The molecule has 0 spiro atoms. The van der Waals surface area contributed by atoms with Crippen LogP contribution in [0.15, 0.2) is 18.2 Å². The van der Waals surface area contributed by atoms with E-state index in [0.29, 0.717) is 16.1 Å². The third-order valence-corrected chi connectivity index (χ3v) is 5.10. The predicted octanol–water partition coefficient (Wildman–Crippen LogP) is 5.48. The summed E-state index contributed by atoms with van der Waals surface area (Å²) in [5, 5.41) is 4.92. The number of halogens is 2. The molecule has 1 N–H and O–H groups in total. The van der Waals surface area contributed by atoms with Crippen molar-refractivity contribution in [3.63, 3.8) is 0 Å². The van der Waals surface area contributed by atoms with Crippen molar-refractivity contribution in [2.45, 2.75) is 57.9 Å². The molecule has 112 valence electrons. The predicted molar refractivity (Wildman–Crippen MR) is 88.8 cm³/mol. The maximum Gasteiger partial charge on any atom is 0.0595 e. The Bertz CT molecular complexity index is 413. The Morgan fingerprint density at radius 3 is 2.60 bits per heavy atom. The minimum atomic E-state index is 0.554. The number of rotatable bonds is 7. The van der Waals surface area contributed by atoms with Gasteiger partial charge in [0.2, 0.25) is 0 Å². The van der Waals surface area contributed by atoms with E-state index in [4.69, 9.17) is 23.2 Å². The van der Waals surface area contributed by atoms with Gasteiger partial charge in [-0.25, -0.2) is 0 Å². The fraction of sp³-hybridized carbons (Fsp3) is 0.647. The normalized spacial score (nSPS) is 17.6. The molecule has 0 aliphatic heterocycles. The Morgan fingerprint density at radius 1 is 1.20 bits per heavy atom. The first-order valence-corrected chi connectivity index (χ1v) is 8.62. The van der Waals surface area contributed by atoms with Crippen LogP contribution in [0.3, 0.4) is 0 Å². The molecule has 2 rings (SSSR count). The zero-order valence-corrected chi connectivity index (χ0v) is 13.8. The van der Waals surface area contributed by atoms with Crippen LogP contribution in [-0.4, -0.2) is 12.6 Å². The van der Waals surface area contributed by atoms with Crippen molar-refractivity contribution in [3.05, 3.63) is 33.8 Å². The SMILES string of the molecule is CCNC(CCC1CCCC1)Cc1ccc(Cl)c(Cl)c1. The molecule has 1 fully saturated rings. The van der Waals surface area contributed by atoms with Crippen LogP contribution in [0.25, 0.3) is 0 Å². The second kappa shape index (κ2) is 8.26. The number of likely N-dealkylation sites (N-methyl/N-ethyl adjacent to an activating group) is 1. The average Bonchev–Trinajstić information content (AvgIpc) is 2.94. The highest BCUT2D eigenvalue weighted by atomic mass is 35.5. The molecule has 1 aromatic rings. The molecule has 1 nitrogen and oxygen atoms in total. The maximum absolute atomic E-state index is 6.10. The standard InChI is InChI=1S/C17H25Cl2N/c1-2-20-15(9-7-13-5-3-4-6-13)11-14-8-10-16(18)17(19)12-14/h8,10,12-13,15,20H,2-7,9,11H2,1H3. The lowest BCUT2D eigenvalue weighted by molar-refractivity contribution is 0.407.